The van der Waals surface area contributed by atoms with Crippen LogP contribution in [0.3, 0.4) is 0 Å². The van der Waals surface area contributed by atoms with Crippen LogP contribution in [0.4, 0.5) is 4.39 Å². The maximum absolute atomic E-state index is 13.7. The van der Waals surface area contributed by atoms with Gasteiger partial charge in [-0.2, -0.15) is 0 Å². The van der Waals surface area contributed by atoms with Crippen molar-refractivity contribution in [3.63, 3.8) is 0 Å². The number of aryl methyl sites for hydroxylation is 1. The molecule has 2 aromatic rings. The third kappa shape index (κ3) is 3.48. The smallest absolute Gasteiger partial charge is 0.139 e. The van der Waals surface area contributed by atoms with Gasteiger partial charge < -0.3 is 0 Å². The summed E-state index contributed by atoms with van der Waals surface area (Å²) in [6.07, 6.45) is 10.1. The number of unbranched alkanes of at least 4 members (excludes halogenated alkanes) is 2. The molecule has 0 heterocycles. The molecule has 0 unspecified atom stereocenters. The highest BCUT2D eigenvalue weighted by Gasteiger charge is 2.03. The Morgan fingerprint density at radius 2 is 1.70 bits per heavy atom. The van der Waals surface area contributed by atoms with Gasteiger partial charge in [-0.25, -0.2) is 4.39 Å². The monoisotopic (exact) mass is 266 g/mol. The highest BCUT2D eigenvalue weighted by Crippen LogP contribution is 2.22. The zero-order valence-electron chi connectivity index (χ0n) is 11.8. The summed E-state index contributed by atoms with van der Waals surface area (Å²) in [4.78, 5) is 0. The molecule has 2 aromatic carbocycles. The largest absolute Gasteiger partial charge is 0.206 e. The van der Waals surface area contributed by atoms with Crippen LogP contribution in [0.15, 0.2) is 42.5 Å². The fourth-order valence-corrected chi connectivity index (χ4v) is 2.25. The zero-order valence-corrected chi connectivity index (χ0v) is 11.8. The van der Waals surface area contributed by atoms with E-state index in [1.165, 1.54) is 30.9 Å². The van der Waals surface area contributed by atoms with Crippen molar-refractivity contribution in [3.8, 4) is 23.5 Å². The molecule has 2 rings (SSSR count). The van der Waals surface area contributed by atoms with Crippen molar-refractivity contribution in [2.24, 2.45) is 0 Å². The SMILES string of the molecule is C#Cc1ccc(-c2ccc(CCCCC)cc2)cc1F. The summed E-state index contributed by atoms with van der Waals surface area (Å²) >= 11 is 0. The van der Waals surface area contributed by atoms with Gasteiger partial charge in [0.15, 0.2) is 0 Å². The van der Waals surface area contributed by atoms with Crippen molar-refractivity contribution in [3.05, 3.63) is 59.4 Å². The van der Waals surface area contributed by atoms with E-state index in [0.717, 1.165) is 17.5 Å². The van der Waals surface area contributed by atoms with Gasteiger partial charge in [0.25, 0.3) is 0 Å². The fourth-order valence-electron chi connectivity index (χ4n) is 2.25. The van der Waals surface area contributed by atoms with Gasteiger partial charge in [-0.15, -0.1) is 6.42 Å². The molecule has 0 radical (unpaired) electrons. The Morgan fingerprint density at radius 3 is 2.30 bits per heavy atom. The molecule has 102 valence electrons. The number of rotatable bonds is 5. The molecule has 0 saturated heterocycles. The van der Waals surface area contributed by atoms with E-state index in [9.17, 15) is 4.39 Å². The van der Waals surface area contributed by atoms with Crippen molar-refractivity contribution in [1.29, 1.82) is 0 Å². The Hall–Kier alpha value is -2.07. The van der Waals surface area contributed by atoms with Crippen LogP contribution >= 0.6 is 0 Å². The maximum Gasteiger partial charge on any atom is 0.139 e. The normalized spacial score (nSPS) is 10.2. The molecule has 0 aliphatic heterocycles. The fraction of sp³-hybridized carbons (Fsp3) is 0.263. The number of halogens is 1. The third-order valence-electron chi connectivity index (χ3n) is 3.48. The molecule has 1 heteroatoms. The summed E-state index contributed by atoms with van der Waals surface area (Å²) in [5, 5.41) is 0. The van der Waals surface area contributed by atoms with E-state index < -0.39 is 0 Å². The summed E-state index contributed by atoms with van der Waals surface area (Å²) in [5.41, 5.74) is 3.53. The lowest BCUT2D eigenvalue weighted by Gasteiger charge is -2.05. The lowest BCUT2D eigenvalue weighted by Crippen LogP contribution is -1.88. The van der Waals surface area contributed by atoms with E-state index in [1.807, 2.05) is 18.2 Å². The molecule has 0 aliphatic carbocycles. The minimum absolute atomic E-state index is 0.310. The molecule has 0 N–H and O–H groups in total. The number of benzene rings is 2. The molecule has 0 fully saturated rings. The first kappa shape index (κ1) is 14.3. The van der Waals surface area contributed by atoms with E-state index in [4.69, 9.17) is 6.42 Å². The van der Waals surface area contributed by atoms with Gasteiger partial charge >= 0.3 is 0 Å². The molecule has 0 atom stereocenters. The Balaban J connectivity index is 2.14. The standard InChI is InChI=1S/C19H19F/c1-3-5-6-7-15-8-10-17(11-9-15)18-13-12-16(4-2)19(20)14-18/h2,8-14H,3,5-7H2,1H3. The second-order valence-corrected chi connectivity index (χ2v) is 4.99. The van der Waals surface area contributed by atoms with Crippen LogP contribution in [0.5, 0.6) is 0 Å². The Morgan fingerprint density at radius 1 is 1.00 bits per heavy atom. The first-order valence-corrected chi connectivity index (χ1v) is 7.10. The first-order chi connectivity index (χ1) is 9.74. The highest BCUT2D eigenvalue weighted by molar-refractivity contribution is 5.64. The number of hydrogen-bond acceptors (Lipinski definition) is 0. The predicted octanol–water partition coefficient (Wildman–Crippen LogP) is 5.21. The van der Waals surface area contributed by atoms with Gasteiger partial charge in [0.2, 0.25) is 0 Å². The van der Waals surface area contributed by atoms with Crippen LogP contribution in [-0.2, 0) is 6.42 Å². The number of hydrogen-bond donors (Lipinski definition) is 0. The molecular weight excluding hydrogens is 247 g/mol. The topological polar surface area (TPSA) is 0 Å². The maximum atomic E-state index is 13.7. The van der Waals surface area contributed by atoms with Gasteiger partial charge in [-0.05, 0) is 41.7 Å². The minimum atomic E-state index is -0.336. The average Bonchev–Trinajstić information content (AvgIpc) is 2.48. The molecule has 0 amide bonds. The second kappa shape index (κ2) is 6.91. The van der Waals surface area contributed by atoms with E-state index in [1.54, 1.807) is 6.07 Å². The van der Waals surface area contributed by atoms with Crippen molar-refractivity contribution < 1.29 is 4.39 Å². The Labute approximate surface area is 120 Å². The molecule has 0 aromatic heterocycles. The molecule has 0 bridgehead atoms. The van der Waals surface area contributed by atoms with E-state index >= 15 is 0 Å². The molecular formula is C19H19F. The van der Waals surface area contributed by atoms with Gasteiger partial charge in [0.1, 0.15) is 5.82 Å². The summed E-state index contributed by atoms with van der Waals surface area (Å²) in [6.45, 7) is 2.21. The molecule has 0 saturated carbocycles. The van der Waals surface area contributed by atoms with Crippen LogP contribution in [-0.4, -0.2) is 0 Å². The van der Waals surface area contributed by atoms with E-state index in [-0.39, 0.29) is 5.82 Å². The van der Waals surface area contributed by atoms with Crippen molar-refractivity contribution in [2.45, 2.75) is 32.6 Å². The van der Waals surface area contributed by atoms with Crippen LogP contribution in [0.1, 0.15) is 37.3 Å². The van der Waals surface area contributed by atoms with Crippen molar-refractivity contribution in [2.75, 3.05) is 0 Å². The van der Waals surface area contributed by atoms with Gasteiger partial charge in [-0.1, -0.05) is 56.0 Å². The molecule has 20 heavy (non-hydrogen) atoms. The molecule has 0 spiro atoms. The van der Waals surface area contributed by atoms with E-state index in [0.29, 0.717) is 5.56 Å². The second-order valence-electron chi connectivity index (χ2n) is 4.99. The van der Waals surface area contributed by atoms with Crippen LogP contribution in [0.25, 0.3) is 11.1 Å². The van der Waals surface area contributed by atoms with Crippen LogP contribution in [0.2, 0.25) is 0 Å². The Bertz CT molecular complexity index is 603. The van der Waals surface area contributed by atoms with Gasteiger partial charge in [0.05, 0.1) is 5.56 Å². The summed E-state index contributed by atoms with van der Waals surface area (Å²) in [5.74, 6) is 2.00. The van der Waals surface area contributed by atoms with Crippen LogP contribution < -0.4 is 0 Å². The van der Waals surface area contributed by atoms with Gasteiger partial charge in [0, 0.05) is 0 Å². The highest BCUT2D eigenvalue weighted by atomic mass is 19.1. The van der Waals surface area contributed by atoms with Crippen molar-refractivity contribution >= 4 is 0 Å². The molecule has 0 nitrogen and oxygen atoms in total. The van der Waals surface area contributed by atoms with Crippen molar-refractivity contribution in [1.82, 2.24) is 0 Å². The first-order valence-electron chi connectivity index (χ1n) is 7.10. The lowest BCUT2D eigenvalue weighted by molar-refractivity contribution is 0.625. The van der Waals surface area contributed by atoms with Gasteiger partial charge in [-0.3, -0.25) is 0 Å². The summed E-state index contributed by atoms with van der Waals surface area (Å²) < 4.78 is 13.7. The number of terminal acetylenes is 1. The summed E-state index contributed by atoms with van der Waals surface area (Å²) in [6, 6.07) is 13.4. The molecule has 0 aliphatic rings. The zero-order chi connectivity index (χ0) is 14.4. The quantitative estimate of drug-likeness (QED) is 0.515. The predicted molar refractivity (Wildman–Crippen MR) is 83.0 cm³/mol. The Kier molecular flexibility index (Phi) is 4.96. The van der Waals surface area contributed by atoms with Crippen LogP contribution in [0, 0.1) is 18.2 Å². The average molecular weight is 266 g/mol. The summed E-state index contributed by atoms with van der Waals surface area (Å²) in [7, 11) is 0. The minimum Gasteiger partial charge on any atom is -0.206 e. The lowest BCUT2D eigenvalue weighted by atomic mass is 10.0. The third-order valence-corrected chi connectivity index (χ3v) is 3.48. The van der Waals surface area contributed by atoms with E-state index in [2.05, 4.69) is 25.0 Å².